The van der Waals surface area contributed by atoms with Crippen LogP contribution in [0.4, 0.5) is 4.79 Å². The zero-order valence-corrected chi connectivity index (χ0v) is 12.0. The van der Waals surface area contributed by atoms with Crippen molar-refractivity contribution in [3.63, 3.8) is 0 Å². The first kappa shape index (κ1) is 16.0. The smallest absolute Gasteiger partial charge is 0.314 e. The SMILES string of the molecule is CC(C)(CNC(=O)NCCCc1ccccc1)C(=O)O. The number of carbonyl (C=O) groups is 2. The van der Waals surface area contributed by atoms with E-state index in [2.05, 4.69) is 22.8 Å². The lowest BCUT2D eigenvalue weighted by atomic mass is 9.94. The van der Waals surface area contributed by atoms with Crippen molar-refractivity contribution < 1.29 is 14.7 Å². The molecule has 5 heteroatoms. The van der Waals surface area contributed by atoms with Crippen LogP contribution in [-0.4, -0.2) is 30.2 Å². The first-order valence-corrected chi connectivity index (χ1v) is 6.71. The number of hydrogen-bond donors (Lipinski definition) is 3. The van der Waals surface area contributed by atoms with Gasteiger partial charge in [0.2, 0.25) is 0 Å². The van der Waals surface area contributed by atoms with Crippen molar-refractivity contribution in [2.24, 2.45) is 5.41 Å². The highest BCUT2D eigenvalue weighted by Crippen LogP contribution is 2.12. The highest BCUT2D eigenvalue weighted by molar-refractivity contribution is 5.77. The highest BCUT2D eigenvalue weighted by Gasteiger charge is 2.27. The minimum atomic E-state index is -0.957. The minimum absolute atomic E-state index is 0.104. The second kappa shape index (κ2) is 7.53. The third kappa shape index (κ3) is 5.73. The van der Waals surface area contributed by atoms with E-state index in [9.17, 15) is 9.59 Å². The second-order valence-corrected chi connectivity index (χ2v) is 5.39. The van der Waals surface area contributed by atoms with Gasteiger partial charge < -0.3 is 15.7 Å². The van der Waals surface area contributed by atoms with Crippen LogP contribution in [0.5, 0.6) is 0 Å². The summed E-state index contributed by atoms with van der Waals surface area (Å²) in [4.78, 5) is 22.4. The van der Waals surface area contributed by atoms with Gasteiger partial charge >= 0.3 is 12.0 Å². The van der Waals surface area contributed by atoms with Gasteiger partial charge in [-0.3, -0.25) is 4.79 Å². The highest BCUT2D eigenvalue weighted by atomic mass is 16.4. The third-order valence-electron chi connectivity index (χ3n) is 3.04. The standard InChI is InChI=1S/C15H22N2O3/c1-15(2,13(18)19)11-17-14(20)16-10-6-9-12-7-4-3-5-8-12/h3-5,7-8H,6,9-11H2,1-2H3,(H,18,19)(H2,16,17,20). The number of nitrogens with one attached hydrogen (secondary N) is 2. The summed E-state index contributed by atoms with van der Waals surface area (Å²) < 4.78 is 0. The van der Waals surface area contributed by atoms with Crippen molar-refractivity contribution in [2.45, 2.75) is 26.7 Å². The maximum atomic E-state index is 11.5. The van der Waals surface area contributed by atoms with Crippen LogP contribution in [0.3, 0.4) is 0 Å². The van der Waals surface area contributed by atoms with Crippen molar-refractivity contribution in [3.8, 4) is 0 Å². The summed E-state index contributed by atoms with van der Waals surface area (Å²) in [5, 5.41) is 14.2. The molecule has 0 heterocycles. The van der Waals surface area contributed by atoms with E-state index in [1.165, 1.54) is 5.56 Å². The molecule has 0 bridgehead atoms. The maximum Gasteiger partial charge on any atom is 0.314 e. The van der Waals surface area contributed by atoms with Gasteiger partial charge in [-0.2, -0.15) is 0 Å². The predicted octanol–water partition coefficient (Wildman–Crippen LogP) is 2.03. The normalized spacial score (nSPS) is 10.9. The first-order chi connectivity index (χ1) is 9.42. The Kier molecular flexibility index (Phi) is 6.03. The maximum absolute atomic E-state index is 11.5. The molecule has 0 aliphatic carbocycles. The number of urea groups is 1. The van der Waals surface area contributed by atoms with Gasteiger partial charge in [-0.15, -0.1) is 0 Å². The first-order valence-electron chi connectivity index (χ1n) is 6.71. The molecule has 5 nitrogen and oxygen atoms in total. The Labute approximate surface area is 119 Å². The monoisotopic (exact) mass is 278 g/mol. The van der Waals surface area contributed by atoms with E-state index in [1.54, 1.807) is 13.8 Å². The number of aliphatic carboxylic acids is 1. The number of aryl methyl sites for hydroxylation is 1. The van der Waals surface area contributed by atoms with Crippen LogP contribution < -0.4 is 10.6 Å². The second-order valence-electron chi connectivity index (χ2n) is 5.39. The molecule has 1 aromatic carbocycles. The lowest BCUT2D eigenvalue weighted by Gasteiger charge is -2.19. The van der Waals surface area contributed by atoms with Crippen LogP contribution in [-0.2, 0) is 11.2 Å². The molecule has 0 aliphatic rings. The van der Waals surface area contributed by atoms with Gasteiger partial charge in [0.1, 0.15) is 0 Å². The fourth-order valence-corrected chi connectivity index (χ4v) is 1.58. The van der Waals surface area contributed by atoms with E-state index in [0.29, 0.717) is 6.54 Å². The molecule has 1 aromatic rings. The van der Waals surface area contributed by atoms with Crippen molar-refractivity contribution in [2.75, 3.05) is 13.1 Å². The van der Waals surface area contributed by atoms with Crippen LogP contribution in [0, 0.1) is 5.41 Å². The zero-order chi connectivity index (χ0) is 15.0. The van der Waals surface area contributed by atoms with Gasteiger partial charge in [0.05, 0.1) is 5.41 Å². The van der Waals surface area contributed by atoms with E-state index in [0.717, 1.165) is 12.8 Å². The summed E-state index contributed by atoms with van der Waals surface area (Å²) in [7, 11) is 0. The summed E-state index contributed by atoms with van der Waals surface area (Å²) in [5.74, 6) is -0.929. The summed E-state index contributed by atoms with van der Waals surface area (Å²) in [6, 6.07) is 9.73. The Morgan fingerprint density at radius 1 is 1.15 bits per heavy atom. The lowest BCUT2D eigenvalue weighted by molar-refractivity contribution is -0.146. The number of carboxylic acids is 1. The van der Waals surface area contributed by atoms with Crippen LogP contribution in [0.2, 0.25) is 0 Å². The average molecular weight is 278 g/mol. The van der Waals surface area contributed by atoms with Gasteiger partial charge in [0.15, 0.2) is 0 Å². The molecule has 0 aromatic heterocycles. The fraction of sp³-hybridized carbons (Fsp3) is 0.467. The zero-order valence-electron chi connectivity index (χ0n) is 12.0. The fourth-order valence-electron chi connectivity index (χ4n) is 1.58. The topological polar surface area (TPSA) is 78.4 Å². The molecule has 110 valence electrons. The number of rotatable bonds is 7. The van der Waals surface area contributed by atoms with E-state index >= 15 is 0 Å². The summed E-state index contributed by atoms with van der Waals surface area (Å²) in [6.45, 7) is 3.82. The van der Waals surface area contributed by atoms with E-state index in [4.69, 9.17) is 5.11 Å². The van der Waals surface area contributed by atoms with E-state index in [-0.39, 0.29) is 12.6 Å². The Bertz CT molecular complexity index is 444. The molecule has 0 aliphatic heterocycles. The van der Waals surface area contributed by atoms with Crippen molar-refractivity contribution >= 4 is 12.0 Å². The summed E-state index contributed by atoms with van der Waals surface area (Å²) in [6.07, 6.45) is 1.75. The van der Waals surface area contributed by atoms with Gasteiger partial charge in [-0.05, 0) is 32.3 Å². The molecule has 0 radical (unpaired) electrons. The Balaban J connectivity index is 2.16. The van der Waals surface area contributed by atoms with Crippen LogP contribution in [0.1, 0.15) is 25.8 Å². The minimum Gasteiger partial charge on any atom is -0.481 e. The molecular weight excluding hydrogens is 256 g/mol. The van der Waals surface area contributed by atoms with Crippen LogP contribution in [0.15, 0.2) is 30.3 Å². The molecular formula is C15H22N2O3. The molecule has 0 spiro atoms. The summed E-state index contributed by atoms with van der Waals surface area (Å²) in [5.41, 5.74) is 0.281. The Morgan fingerprint density at radius 2 is 1.80 bits per heavy atom. The summed E-state index contributed by atoms with van der Waals surface area (Å²) >= 11 is 0. The number of carboxylic acid groups (broad SMARTS) is 1. The number of amides is 2. The molecule has 0 saturated carbocycles. The number of hydrogen-bond acceptors (Lipinski definition) is 2. The quantitative estimate of drug-likeness (QED) is 0.668. The van der Waals surface area contributed by atoms with Gasteiger partial charge in [-0.1, -0.05) is 30.3 Å². The van der Waals surface area contributed by atoms with Crippen molar-refractivity contribution in [1.29, 1.82) is 0 Å². The molecule has 0 unspecified atom stereocenters. The van der Waals surface area contributed by atoms with Crippen molar-refractivity contribution in [1.82, 2.24) is 10.6 Å². The predicted molar refractivity (Wildman–Crippen MR) is 77.6 cm³/mol. The van der Waals surface area contributed by atoms with Gasteiger partial charge in [0, 0.05) is 13.1 Å². The third-order valence-corrected chi connectivity index (χ3v) is 3.04. The number of carbonyl (C=O) groups excluding carboxylic acids is 1. The van der Waals surface area contributed by atoms with E-state index < -0.39 is 11.4 Å². The van der Waals surface area contributed by atoms with Gasteiger partial charge in [-0.25, -0.2) is 4.79 Å². The van der Waals surface area contributed by atoms with Crippen molar-refractivity contribution in [3.05, 3.63) is 35.9 Å². The van der Waals surface area contributed by atoms with E-state index in [1.807, 2.05) is 18.2 Å². The Hall–Kier alpha value is -2.04. The molecule has 2 amide bonds. The largest absolute Gasteiger partial charge is 0.481 e. The molecule has 0 atom stereocenters. The van der Waals surface area contributed by atoms with Crippen LogP contribution >= 0.6 is 0 Å². The Morgan fingerprint density at radius 3 is 2.40 bits per heavy atom. The van der Waals surface area contributed by atoms with Gasteiger partial charge in [0.25, 0.3) is 0 Å². The molecule has 0 fully saturated rings. The number of benzene rings is 1. The van der Waals surface area contributed by atoms with Crippen LogP contribution in [0.25, 0.3) is 0 Å². The lowest BCUT2D eigenvalue weighted by Crippen LogP contribution is -2.43. The molecule has 3 N–H and O–H groups in total. The molecule has 0 saturated heterocycles. The molecule has 20 heavy (non-hydrogen) atoms. The average Bonchev–Trinajstić information content (AvgIpc) is 2.42. The molecule has 1 rings (SSSR count).